The quantitative estimate of drug-likeness (QED) is 0.413. The van der Waals surface area contributed by atoms with Crippen molar-refractivity contribution in [2.45, 2.75) is 6.54 Å². The van der Waals surface area contributed by atoms with Crippen molar-refractivity contribution in [2.24, 2.45) is 0 Å². The molecule has 0 atom stereocenters. The van der Waals surface area contributed by atoms with Crippen molar-refractivity contribution in [3.8, 4) is 0 Å². The fourth-order valence-electron chi connectivity index (χ4n) is 0.903. The molecule has 0 heterocycles. The van der Waals surface area contributed by atoms with Gasteiger partial charge in [0.05, 0.1) is 6.54 Å². The molecule has 82 valence electrons. The molecule has 0 unspecified atom stereocenters. The van der Waals surface area contributed by atoms with Gasteiger partial charge in [0.15, 0.2) is 0 Å². The molecule has 6 heteroatoms. The van der Waals surface area contributed by atoms with Crippen LogP contribution in [0, 0.1) is 0 Å². The Kier molecular flexibility index (Phi) is 4.70. The summed E-state index contributed by atoms with van der Waals surface area (Å²) in [6.07, 6.45) is 0. The number of carbonyl (C=O) groups excluding carboxylic acids is 1. The third-order valence-electron chi connectivity index (χ3n) is 1.52. The normalized spacial score (nSPS) is 9.00. The first-order chi connectivity index (χ1) is 6.24. The summed E-state index contributed by atoms with van der Waals surface area (Å²) in [5, 5.41) is 8.66. The molecule has 14 heavy (non-hydrogen) atoms. The van der Waals surface area contributed by atoms with E-state index in [1.54, 1.807) is 5.59 Å². The minimum absolute atomic E-state index is 0. The van der Waals surface area contributed by atoms with Gasteiger partial charge in [0.2, 0.25) is 0 Å². The molecule has 0 aliphatic rings. The Morgan fingerprint density at radius 3 is 2.43 bits per heavy atom. The summed E-state index contributed by atoms with van der Waals surface area (Å²) in [6, 6.07) is 9.18. The molecule has 0 aliphatic heterocycles. The van der Waals surface area contributed by atoms with E-state index in [4.69, 9.17) is 16.8 Å². The SMILES string of the molecule is O=C(Cl)N(Cc1ccccc1)NO.[Fm]. The van der Waals surface area contributed by atoms with E-state index in [0.29, 0.717) is 0 Å². The number of nitrogens with zero attached hydrogens (tertiary/aromatic N) is 1. The fourth-order valence-corrected chi connectivity index (χ4v) is 1.00. The monoisotopic (exact) mass is 457 g/mol. The van der Waals surface area contributed by atoms with Gasteiger partial charge in [-0.2, -0.15) is 0 Å². The molecule has 1 rings (SSSR count). The van der Waals surface area contributed by atoms with E-state index in [1.807, 2.05) is 30.3 Å². The summed E-state index contributed by atoms with van der Waals surface area (Å²) >= 11 is 5.16. The topological polar surface area (TPSA) is 52.6 Å². The zero-order valence-corrected chi connectivity index (χ0v) is 10.2. The van der Waals surface area contributed by atoms with Crippen LogP contribution in [0.25, 0.3) is 0 Å². The first-order valence-corrected chi connectivity index (χ1v) is 4.02. The van der Waals surface area contributed by atoms with Crippen LogP contribution < -0.4 is 5.59 Å². The second kappa shape index (κ2) is 5.53. The average molecular weight is 458 g/mol. The number of benzene rings is 1. The molecule has 4 nitrogen and oxygen atoms in total. The Bertz CT molecular complexity index is 284. The molecule has 0 bridgehead atoms. The van der Waals surface area contributed by atoms with Gasteiger partial charge in [-0.15, -0.1) is 5.59 Å². The summed E-state index contributed by atoms with van der Waals surface area (Å²) < 4.78 is 0. The zero-order valence-electron chi connectivity index (χ0n) is 7.06. The van der Waals surface area contributed by atoms with Crippen molar-refractivity contribution >= 4 is 17.0 Å². The van der Waals surface area contributed by atoms with Gasteiger partial charge < -0.3 is 0 Å². The van der Waals surface area contributed by atoms with Crippen LogP contribution in [0.3, 0.4) is 0 Å². The smallest absolute Gasteiger partial charge is 0.297 e. The zero-order chi connectivity index (χ0) is 9.68. The Labute approximate surface area is 80.7 Å². The number of rotatable bonds is 3. The van der Waals surface area contributed by atoms with Gasteiger partial charge in [-0.1, -0.05) is 30.3 Å². The van der Waals surface area contributed by atoms with E-state index in [9.17, 15) is 4.79 Å². The van der Waals surface area contributed by atoms with E-state index in [0.717, 1.165) is 10.6 Å². The Morgan fingerprint density at radius 1 is 1.43 bits per heavy atom. The second-order valence-electron chi connectivity index (χ2n) is 2.42. The van der Waals surface area contributed by atoms with Gasteiger partial charge in [0.1, 0.15) is 0 Å². The molecule has 0 aliphatic carbocycles. The van der Waals surface area contributed by atoms with Crippen molar-refractivity contribution in [2.75, 3.05) is 0 Å². The van der Waals surface area contributed by atoms with Crippen molar-refractivity contribution < 1.29 is 10.0 Å². The van der Waals surface area contributed by atoms with Gasteiger partial charge >= 0.3 is 5.37 Å². The third kappa shape index (κ3) is 3.10. The molecule has 0 saturated carbocycles. The number of amides is 1. The molecule has 0 saturated heterocycles. The predicted molar refractivity (Wildman–Crippen MR) is 48.2 cm³/mol. The summed E-state index contributed by atoms with van der Waals surface area (Å²) in [4.78, 5) is 10.6. The number of halogens is 1. The van der Waals surface area contributed by atoms with Crippen molar-refractivity contribution in [3.05, 3.63) is 35.9 Å². The summed E-state index contributed by atoms with van der Waals surface area (Å²) in [5.74, 6) is 0. The van der Waals surface area contributed by atoms with E-state index in [1.165, 1.54) is 0 Å². The fraction of sp³-hybridized carbons (Fsp3) is 0.125. The van der Waals surface area contributed by atoms with E-state index in [2.05, 4.69) is 0 Å². The number of hydrazine groups is 1. The van der Waals surface area contributed by atoms with Crippen molar-refractivity contribution in [1.82, 2.24) is 10.6 Å². The third-order valence-corrected chi connectivity index (χ3v) is 1.72. The number of carbonyl (C=O) groups is 1. The molecule has 1 aromatic rings. The molecular formula is C8H9ClFmN2O2. The summed E-state index contributed by atoms with van der Waals surface area (Å²) in [6.45, 7) is 0.222. The van der Waals surface area contributed by atoms with Crippen molar-refractivity contribution in [1.29, 1.82) is 0 Å². The van der Waals surface area contributed by atoms with Gasteiger partial charge in [-0.05, 0) is 17.2 Å². The van der Waals surface area contributed by atoms with E-state index in [-0.39, 0.29) is 6.54 Å². The maximum Gasteiger partial charge on any atom is 0.332 e. The van der Waals surface area contributed by atoms with Crippen LogP contribution in [-0.2, 0) is 6.54 Å². The number of nitrogens with one attached hydrogen (secondary N) is 1. The molecule has 2 N–H and O–H groups in total. The molecule has 0 spiro atoms. The Balaban J connectivity index is 0.00000169. The van der Waals surface area contributed by atoms with Crippen LogP contribution in [-0.4, -0.2) is 15.6 Å². The van der Waals surface area contributed by atoms with Crippen molar-refractivity contribution in [3.63, 3.8) is 0 Å². The first kappa shape index (κ1) is 11.9. The van der Waals surface area contributed by atoms with Gasteiger partial charge in [-0.3, -0.25) is 10.0 Å². The molecule has 0 radical (unpaired) electrons. The molecule has 0 fully saturated rings. The molecular weight excluding hydrogens is 449 g/mol. The second-order valence-corrected chi connectivity index (χ2v) is 2.75. The maximum absolute atomic E-state index is 10.6. The van der Waals surface area contributed by atoms with Crippen LogP contribution in [0.2, 0.25) is 0 Å². The molecule has 1 amide bonds. The van der Waals surface area contributed by atoms with Crippen LogP contribution >= 0.6 is 11.6 Å². The first-order valence-electron chi connectivity index (χ1n) is 3.64. The van der Waals surface area contributed by atoms with Gasteiger partial charge in [0.25, 0.3) is 0 Å². The Hall–Kier alpha value is -2.10. The van der Waals surface area contributed by atoms with Gasteiger partial charge in [0, 0.05) is 0 Å². The standard InChI is InChI=1S/C8H9ClN2O2.Fm/c9-8(12)11(10-13)6-7-4-2-1-3-5-7;/h1-5,10,13H,6H2;. The van der Waals surface area contributed by atoms with E-state index < -0.39 is 5.37 Å². The van der Waals surface area contributed by atoms with Gasteiger partial charge in [-0.25, -0.2) is 5.01 Å². The van der Waals surface area contributed by atoms with Crippen LogP contribution in [0.5, 0.6) is 0 Å². The summed E-state index contributed by atoms with van der Waals surface area (Å²) in [7, 11) is 0. The largest absolute Gasteiger partial charge is 0.332 e. The summed E-state index contributed by atoms with van der Waals surface area (Å²) in [5.41, 5.74) is 2.58. The minimum Gasteiger partial charge on any atom is -0.297 e. The van der Waals surface area contributed by atoms with E-state index >= 15 is 0 Å². The average Bonchev–Trinajstić information content (AvgIpc) is 2.15. The van der Waals surface area contributed by atoms with Crippen LogP contribution in [0.1, 0.15) is 5.56 Å². The van der Waals surface area contributed by atoms with Crippen LogP contribution in [0.4, 0.5) is 4.79 Å². The molecule has 0 aromatic heterocycles. The Morgan fingerprint density at radius 2 is 2.00 bits per heavy atom. The molecule has 1 aromatic carbocycles. The minimum atomic E-state index is -0.758. The number of hydrogen-bond donors (Lipinski definition) is 2. The number of hydrogen-bond acceptors (Lipinski definition) is 3. The maximum atomic E-state index is 10.6. The van der Waals surface area contributed by atoms with Crippen LogP contribution in [0.15, 0.2) is 30.3 Å². The predicted octanol–water partition coefficient (Wildman–Crippen LogP) is 1.74.